The summed E-state index contributed by atoms with van der Waals surface area (Å²) in [7, 11) is 1.86. The number of anilines is 1. The molecule has 0 aliphatic carbocycles. The first-order chi connectivity index (χ1) is 8.97. The highest BCUT2D eigenvalue weighted by molar-refractivity contribution is 9.10. The van der Waals surface area contributed by atoms with E-state index in [0.29, 0.717) is 13.2 Å². The minimum Gasteiger partial charge on any atom is -0.366 e. The number of nitrogens with zero attached hydrogens (tertiary/aromatic N) is 1. The molecule has 0 unspecified atom stereocenters. The molecule has 1 heterocycles. The molecule has 0 aromatic heterocycles. The van der Waals surface area contributed by atoms with E-state index < -0.39 is 23.6 Å². The zero-order valence-electron chi connectivity index (χ0n) is 10.3. The Balaban J connectivity index is 2.10. The predicted octanol–water partition coefficient (Wildman–Crippen LogP) is 2.00. The molecule has 1 N–H and O–H groups in total. The van der Waals surface area contributed by atoms with Gasteiger partial charge in [0.25, 0.3) is 5.91 Å². The van der Waals surface area contributed by atoms with E-state index in [0.717, 1.165) is 18.7 Å². The smallest absolute Gasteiger partial charge is 0.254 e. The molecule has 0 spiro atoms. The molecule has 0 bridgehead atoms. The van der Waals surface area contributed by atoms with Crippen molar-refractivity contribution in [2.75, 3.05) is 32.1 Å². The quantitative estimate of drug-likeness (QED) is 0.841. The van der Waals surface area contributed by atoms with Gasteiger partial charge in [-0.05, 0) is 29.0 Å². The predicted molar refractivity (Wildman–Crippen MR) is 69.9 cm³/mol. The number of carbonyl (C=O) groups excluding carboxylic acids is 1. The Kier molecular flexibility index (Phi) is 4.49. The summed E-state index contributed by atoms with van der Waals surface area (Å²) < 4.78 is 32.1. The Morgan fingerprint density at radius 1 is 1.53 bits per heavy atom. The zero-order chi connectivity index (χ0) is 14.0. The molecule has 104 valence electrons. The van der Waals surface area contributed by atoms with Gasteiger partial charge in [0.15, 0.2) is 5.82 Å². The molecule has 19 heavy (non-hydrogen) atoms. The first-order valence-electron chi connectivity index (χ1n) is 5.73. The molecule has 0 saturated carbocycles. The van der Waals surface area contributed by atoms with Crippen LogP contribution in [0.3, 0.4) is 0 Å². The first-order valence-corrected chi connectivity index (χ1v) is 6.52. The fourth-order valence-corrected chi connectivity index (χ4v) is 2.23. The summed E-state index contributed by atoms with van der Waals surface area (Å²) in [6, 6.07) is 1.93. The number of nitrogens with one attached hydrogen (secondary N) is 1. The van der Waals surface area contributed by atoms with Gasteiger partial charge in [-0.2, -0.15) is 0 Å². The van der Waals surface area contributed by atoms with Crippen LogP contribution in [0.1, 0.15) is 0 Å². The summed E-state index contributed by atoms with van der Waals surface area (Å²) in [6.07, 6.45) is -0.680. The molecule has 1 aliphatic heterocycles. The van der Waals surface area contributed by atoms with E-state index in [2.05, 4.69) is 21.2 Å². The van der Waals surface area contributed by atoms with Crippen molar-refractivity contribution < 1.29 is 18.3 Å². The van der Waals surface area contributed by atoms with E-state index in [1.54, 1.807) is 0 Å². The number of rotatable bonds is 2. The average molecular weight is 335 g/mol. The minimum atomic E-state index is -0.709. The van der Waals surface area contributed by atoms with Gasteiger partial charge in [-0.1, -0.05) is 0 Å². The Morgan fingerprint density at radius 3 is 2.95 bits per heavy atom. The van der Waals surface area contributed by atoms with Crippen LogP contribution >= 0.6 is 15.9 Å². The van der Waals surface area contributed by atoms with Crippen LogP contribution in [0.5, 0.6) is 0 Å². The number of hydrogen-bond acceptors (Lipinski definition) is 3. The number of likely N-dealkylation sites (N-methyl/N-ethyl adjacent to an activating group) is 1. The highest BCUT2D eigenvalue weighted by Gasteiger charge is 2.25. The second-order valence-electron chi connectivity index (χ2n) is 4.36. The van der Waals surface area contributed by atoms with Crippen LogP contribution in [0.25, 0.3) is 0 Å². The SMILES string of the molecule is CN1CCO[C@@H](C(=O)Nc2cc(F)cc(Br)c2F)C1. The maximum atomic E-state index is 13.7. The monoisotopic (exact) mass is 334 g/mol. The lowest BCUT2D eigenvalue weighted by molar-refractivity contribution is -0.132. The molecule has 1 atom stereocenters. The van der Waals surface area contributed by atoms with Crippen LogP contribution in [0.2, 0.25) is 0 Å². The Hall–Kier alpha value is -1.05. The van der Waals surface area contributed by atoms with Crippen molar-refractivity contribution in [3.05, 3.63) is 28.2 Å². The van der Waals surface area contributed by atoms with Crippen LogP contribution in [0.4, 0.5) is 14.5 Å². The molecule has 1 amide bonds. The van der Waals surface area contributed by atoms with Gasteiger partial charge >= 0.3 is 0 Å². The number of hydrogen-bond donors (Lipinski definition) is 1. The Bertz CT molecular complexity index is 499. The standard InChI is InChI=1S/C12H13BrF2N2O2/c1-17-2-3-19-10(6-17)12(18)16-9-5-7(14)4-8(13)11(9)15/h4-5,10H,2-3,6H2,1H3,(H,16,18)/t10-/m1/s1. The topological polar surface area (TPSA) is 41.6 Å². The zero-order valence-corrected chi connectivity index (χ0v) is 11.8. The Morgan fingerprint density at radius 2 is 2.26 bits per heavy atom. The van der Waals surface area contributed by atoms with Crippen LogP contribution in [-0.4, -0.2) is 43.7 Å². The maximum Gasteiger partial charge on any atom is 0.254 e. The van der Waals surface area contributed by atoms with E-state index in [1.807, 2.05) is 11.9 Å². The van der Waals surface area contributed by atoms with Gasteiger partial charge in [-0.3, -0.25) is 4.79 Å². The number of halogens is 3. The third-order valence-electron chi connectivity index (χ3n) is 2.81. The fraction of sp³-hybridized carbons (Fsp3) is 0.417. The van der Waals surface area contributed by atoms with E-state index in [-0.39, 0.29) is 10.2 Å². The van der Waals surface area contributed by atoms with Crippen molar-refractivity contribution in [1.29, 1.82) is 0 Å². The lowest BCUT2D eigenvalue weighted by Crippen LogP contribution is -2.46. The molecular weight excluding hydrogens is 322 g/mol. The third-order valence-corrected chi connectivity index (χ3v) is 3.39. The van der Waals surface area contributed by atoms with Gasteiger partial charge in [0.2, 0.25) is 0 Å². The van der Waals surface area contributed by atoms with Gasteiger partial charge in [0, 0.05) is 19.2 Å². The molecular formula is C12H13BrF2N2O2. The van der Waals surface area contributed by atoms with Crippen molar-refractivity contribution in [1.82, 2.24) is 4.90 Å². The second-order valence-corrected chi connectivity index (χ2v) is 5.21. The molecule has 1 aromatic carbocycles. The first kappa shape index (κ1) is 14.4. The second kappa shape index (κ2) is 5.94. The lowest BCUT2D eigenvalue weighted by Gasteiger charge is -2.29. The van der Waals surface area contributed by atoms with Crippen LogP contribution in [0, 0.1) is 11.6 Å². The van der Waals surface area contributed by atoms with Crippen LogP contribution in [0.15, 0.2) is 16.6 Å². The summed E-state index contributed by atoms with van der Waals surface area (Å²) in [5.41, 5.74) is -0.200. The number of morpholine rings is 1. The molecule has 1 aromatic rings. The van der Waals surface area contributed by atoms with E-state index in [9.17, 15) is 13.6 Å². The van der Waals surface area contributed by atoms with Crippen LogP contribution in [-0.2, 0) is 9.53 Å². The molecule has 7 heteroatoms. The summed E-state index contributed by atoms with van der Waals surface area (Å²) in [5, 5.41) is 2.35. The van der Waals surface area contributed by atoms with Gasteiger partial charge in [0.1, 0.15) is 11.9 Å². The molecule has 1 fully saturated rings. The fourth-order valence-electron chi connectivity index (χ4n) is 1.80. The number of amides is 1. The number of benzene rings is 1. The molecule has 1 saturated heterocycles. The van der Waals surface area contributed by atoms with Gasteiger partial charge < -0.3 is 15.0 Å². The van der Waals surface area contributed by atoms with Gasteiger partial charge in [-0.15, -0.1) is 0 Å². The van der Waals surface area contributed by atoms with Crippen LogP contribution < -0.4 is 5.32 Å². The molecule has 0 radical (unpaired) electrons. The summed E-state index contributed by atoms with van der Waals surface area (Å²) in [4.78, 5) is 13.9. The number of ether oxygens (including phenoxy) is 1. The highest BCUT2D eigenvalue weighted by Crippen LogP contribution is 2.25. The minimum absolute atomic E-state index is 0.0375. The third kappa shape index (κ3) is 3.49. The molecule has 1 aliphatic rings. The lowest BCUT2D eigenvalue weighted by atomic mass is 10.2. The van der Waals surface area contributed by atoms with Crippen molar-refractivity contribution >= 4 is 27.5 Å². The average Bonchev–Trinajstić information content (AvgIpc) is 2.35. The molecule has 4 nitrogen and oxygen atoms in total. The van der Waals surface area contributed by atoms with Crippen molar-refractivity contribution in [3.63, 3.8) is 0 Å². The van der Waals surface area contributed by atoms with Crippen molar-refractivity contribution in [3.8, 4) is 0 Å². The van der Waals surface area contributed by atoms with E-state index >= 15 is 0 Å². The van der Waals surface area contributed by atoms with Gasteiger partial charge in [0.05, 0.1) is 16.8 Å². The normalized spacial score (nSPS) is 20.3. The maximum absolute atomic E-state index is 13.7. The van der Waals surface area contributed by atoms with Gasteiger partial charge in [-0.25, -0.2) is 8.78 Å². The Labute approximate surface area is 117 Å². The van der Waals surface area contributed by atoms with Crippen molar-refractivity contribution in [2.24, 2.45) is 0 Å². The largest absolute Gasteiger partial charge is 0.366 e. The summed E-state index contributed by atoms with van der Waals surface area (Å²) in [5.74, 6) is -1.83. The number of carbonyl (C=O) groups is 1. The summed E-state index contributed by atoms with van der Waals surface area (Å²) in [6.45, 7) is 1.59. The van der Waals surface area contributed by atoms with E-state index in [1.165, 1.54) is 0 Å². The summed E-state index contributed by atoms with van der Waals surface area (Å²) >= 11 is 2.89. The molecule has 2 rings (SSSR count). The van der Waals surface area contributed by atoms with E-state index in [4.69, 9.17) is 4.74 Å². The highest BCUT2D eigenvalue weighted by atomic mass is 79.9. The van der Waals surface area contributed by atoms with Crippen molar-refractivity contribution in [2.45, 2.75) is 6.10 Å².